The van der Waals surface area contributed by atoms with Gasteiger partial charge < -0.3 is 5.32 Å². The first-order valence-electron chi connectivity index (χ1n) is 3.99. The van der Waals surface area contributed by atoms with Gasteiger partial charge in [-0.1, -0.05) is 11.6 Å². The standard InChI is InChI=1S/C9H9BrClN/c10-7-5-9-6(4-8(7)11)2-1-3-12-9/h4-5,12H,1-3H2. The minimum atomic E-state index is 0.803. The second kappa shape index (κ2) is 3.27. The van der Waals surface area contributed by atoms with Crippen LogP contribution < -0.4 is 5.32 Å². The van der Waals surface area contributed by atoms with Gasteiger partial charge in [-0.2, -0.15) is 0 Å². The van der Waals surface area contributed by atoms with E-state index in [4.69, 9.17) is 11.6 Å². The Labute approximate surface area is 85.2 Å². The van der Waals surface area contributed by atoms with Gasteiger partial charge in [0.05, 0.1) is 5.02 Å². The Bertz CT molecular complexity index is 281. The number of rotatable bonds is 0. The van der Waals surface area contributed by atoms with E-state index in [0.717, 1.165) is 22.5 Å². The van der Waals surface area contributed by atoms with Gasteiger partial charge in [-0.15, -0.1) is 0 Å². The van der Waals surface area contributed by atoms with Gasteiger partial charge in [0.1, 0.15) is 0 Å². The molecule has 0 radical (unpaired) electrons. The summed E-state index contributed by atoms with van der Waals surface area (Å²) >= 11 is 9.37. The fourth-order valence-corrected chi connectivity index (χ4v) is 1.99. The van der Waals surface area contributed by atoms with Gasteiger partial charge in [0.25, 0.3) is 0 Å². The van der Waals surface area contributed by atoms with Crippen molar-refractivity contribution in [2.75, 3.05) is 11.9 Å². The van der Waals surface area contributed by atoms with Crippen LogP contribution in [-0.2, 0) is 6.42 Å². The van der Waals surface area contributed by atoms with E-state index >= 15 is 0 Å². The third-order valence-electron chi connectivity index (χ3n) is 2.08. The van der Waals surface area contributed by atoms with Crippen LogP contribution in [0.1, 0.15) is 12.0 Å². The third kappa shape index (κ3) is 1.46. The van der Waals surface area contributed by atoms with Crippen LogP contribution in [0, 0.1) is 0 Å². The molecule has 0 aromatic heterocycles. The zero-order valence-corrected chi connectivity index (χ0v) is 8.87. The van der Waals surface area contributed by atoms with Crippen molar-refractivity contribution in [3.63, 3.8) is 0 Å². The molecule has 0 amide bonds. The number of aryl methyl sites for hydroxylation is 1. The van der Waals surface area contributed by atoms with Crippen LogP contribution in [0.5, 0.6) is 0 Å². The number of anilines is 1. The second-order valence-electron chi connectivity index (χ2n) is 2.95. The van der Waals surface area contributed by atoms with Crippen LogP contribution >= 0.6 is 27.5 Å². The SMILES string of the molecule is Clc1cc2c(cc1Br)NCCC2. The summed E-state index contributed by atoms with van der Waals surface area (Å²) < 4.78 is 0.970. The molecule has 0 fully saturated rings. The Balaban J connectivity index is 2.49. The van der Waals surface area contributed by atoms with Crippen molar-refractivity contribution in [3.8, 4) is 0 Å². The molecular weight excluding hydrogens is 237 g/mol. The highest BCUT2D eigenvalue weighted by molar-refractivity contribution is 9.10. The zero-order valence-electron chi connectivity index (χ0n) is 6.53. The molecule has 0 saturated carbocycles. The average molecular weight is 247 g/mol. The van der Waals surface area contributed by atoms with Crippen molar-refractivity contribution in [2.24, 2.45) is 0 Å². The van der Waals surface area contributed by atoms with E-state index in [-0.39, 0.29) is 0 Å². The summed E-state index contributed by atoms with van der Waals surface area (Å²) in [6, 6.07) is 4.09. The van der Waals surface area contributed by atoms with Gasteiger partial charge in [0, 0.05) is 16.7 Å². The predicted molar refractivity (Wildman–Crippen MR) is 56.0 cm³/mol. The molecule has 2 rings (SSSR count). The topological polar surface area (TPSA) is 12.0 Å². The smallest absolute Gasteiger partial charge is 0.0552 e. The lowest BCUT2D eigenvalue weighted by Crippen LogP contribution is -2.11. The number of halogens is 2. The Kier molecular flexibility index (Phi) is 2.28. The molecule has 3 heteroatoms. The van der Waals surface area contributed by atoms with E-state index in [1.54, 1.807) is 0 Å². The van der Waals surface area contributed by atoms with Gasteiger partial charge in [-0.05, 0) is 46.5 Å². The second-order valence-corrected chi connectivity index (χ2v) is 4.22. The Morgan fingerprint density at radius 2 is 2.25 bits per heavy atom. The van der Waals surface area contributed by atoms with Gasteiger partial charge in [-0.25, -0.2) is 0 Å². The molecule has 0 saturated heterocycles. The van der Waals surface area contributed by atoms with E-state index in [1.807, 2.05) is 6.07 Å². The van der Waals surface area contributed by atoms with Crippen LogP contribution in [0.3, 0.4) is 0 Å². The maximum absolute atomic E-state index is 5.97. The lowest BCUT2D eigenvalue weighted by atomic mass is 10.0. The highest BCUT2D eigenvalue weighted by Crippen LogP contribution is 2.31. The molecule has 12 heavy (non-hydrogen) atoms. The largest absolute Gasteiger partial charge is 0.385 e. The number of nitrogens with one attached hydrogen (secondary N) is 1. The third-order valence-corrected chi connectivity index (χ3v) is 3.28. The van der Waals surface area contributed by atoms with Gasteiger partial charge in [-0.3, -0.25) is 0 Å². The van der Waals surface area contributed by atoms with Gasteiger partial charge >= 0.3 is 0 Å². The van der Waals surface area contributed by atoms with Gasteiger partial charge in [0.15, 0.2) is 0 Å². The molecule has 64 valence electrons. The first-order chi connectivity index (χ1) is 5.77. The van der Waals surface area contributed by atoms with Crippen molar-refractivity contribution in [3.05, 3.63) is 27.2 Å². The Hall–Kier alpha value is -0.210. The van der Waals surface area contributed by atoms with Crippen molar-refractivity contribution < 1.29 is 0 Å². The van der Waals surface area contributed by atoms with Crippen molar-refractivity contribution in [1.82, 2.24) is 0 Å². The maximum atomic E-state index is 5.97. The molecule has 1 heterocycles. The molecular formula is C9H9BrClN. The number of benzene rings is 1. The van der Waals surface area contributed by atoms with Crippen molar-refractivity contribution in [1.29, 1.82) is 0 Å². The molecule has 1 aliphatic heterocycles. The van der Waals surface area contributed by atoms with E-state index < -0.39 is 0 Å². The van der Waals surface area contributed by atoms with E-state index in [1.165, 1.54) is 17.7 Å². The quantitative estimate of drug-likeness (QED) is 0.739. The monoisotopic (exact) mass is 245 g/mol. The van der Waals surface area contributed by atoms with Crippen LogP contribution in [0.15, 0.2) is 16.6 Å². The summed E-state index contributed by atoms with van der Waals surface area (Å²) in [5.41, 5.74) is 2.55. The van der Waals surface area contributed by atoms with Gasteiger partial charge in [0.2, 0.25) is 0 Å². The minimum Gasteiger partial charge on any atom is -0.385 e. The normalized spacial score (nSPS) is 15.2. The number of hydrogen-bond acceptors (Lipinski definition) is 1. The predicted octanol–water partition coefficient (Wildman–Crippen LogP) is 3.46. The first kappa shape index (κ1) is 8.39. The molecule has 0 bridgehead atoms. The fraction of sp³-hybridized carbons (Fsp3) is 0.333. The van der Waals surface area contributed by atoms with E-state index in [2.05, 4.69) is 27.3 Å². The van der Waals surface area contributed by atoms with Crippen LogP contribution in [-0.4, -0.2) is 6.54 Å². The molecule has 0 atom stereocenters. The van der Waals surface area contributed by atoms with Crippen LogP contribution in [0.2, 0.25) is 5.02 Å². The van der Waals surface area contributed by atoms with E-state index in [9.17, 15) is 0 Å². The van der Waals surface area contributed by atoms with Crippen molar-refractivity contribution in [2.45, 2.75) is 12.8 Å². The summed E-state index contributed by atoms with van der Waals surface area (Å²) in [5.74, 6) is 0. The molecule has 1 nitrogen and oxygen atoms in total. The number of hydrogen-bond donors (Lipinski definition) is 1. The van der Waals surface area contributed by atoms with Crippen molar-refractivity contribution >= 4 is 33.2 Å². The van der Waals surface area contributed by atoms with E-state index in [0.29, 0.717) is 0 Å². The van der Waals surface area contributed by atoms with Crippen LogP contribution in [0.4, 0.5) is 5.69 Å². The molecule has 1 aromatic carbocycles. The summed E-state index contributed by atoms with van der Waals surface area (Å²) in [4.78, 5) is 0. The highest BCUT2D eigenvalue weighted by Gasteiger charge is 2.10. The fourth-order valence-electron chi connectivity index (χ4n) is 1.46. The zero-order chi connectivity index (χ0) is 8.55. The summed E-state index contributed by atoms with van der Waals surface area (Å²) in [6.07, 6.45) is 2.33. The Morgan fingerprint density at radius 1 is 1.42 bits per heavy atom. The molecule has 0 spiro atoms. The lowest BCUT2D eigenvalue weighted by molar-refractivity contribution is 0.830. The minimum absolute atomic E-state index is 0.803. The highest BCUT2D eigenvalue weighted by atomic mass is 79.9. The molecule has 1 aliphatic rings. The maximum Gasteiger partial charge on any atom is 0.0552 e. The summed E-state index contributed by atoms with van der Waals surface area (Å²) in [6.45, 7) is 1.07. The molecule has 1 aromatic rings. The molecule has 0 unspecified atom stereocenters. The summed E-state index contributed by atoms with van der Waals surface area (Å²) in [5, 5.41) is 4.15. The molecule has 1 N–H and O–H groups in total. The Morgan fingerprint density at radius 3 is 3.08 bits per heavy atom. The number of fused-ring (bicyclic) bond motifs is 1. The van der Waals surface area contributed by atoms with Crippen LogP contribution in [0.25, 0.3) is 0 Å². The lowest BCUT2D eigenvalue weighted by Gasteiger charge is -2.18. The average Bonchev–Trinajstić information content (AvgIpc) is 2.07. The molecule has 0 aliphatic carbocycles. The first-order valence-corrected chi connectivity index (χ1v) is 5.16. The summed E-state index contributed by atoms with van der Waals surface area (Å²) in [7, 11) is 0.